The lowest BCUT2D eigenvalue weighted by Gasteiger charge is -2.17. The zero-order valence-corrected chi connectivity index (χ0v) is 16.3. The van der Waals surface area contributed by atoms with Gasteiger partial charge in [0.1, 0.15) is 17.3 Å². The second kappa shape index (κ2) is 9.60. The number of amides is 1. The van der Waals surface area contributed by atoms with Crippen LogP contribution in [-0.4, -0.2) is 45.9 Å². The van der Waals surface area contributed by atoms with E-state index in [9.17, 15) is 4.79 Å². The maximum absolute atomic E-state index is 12.8. The minimum absolute atomic E-state index is 0.106. The summed E-state index contributed by atoms with van der Waals surface area (Å²) in [6.07, 6.45) is 5.19. The fraction of sp³-hybridized carbons (Fsp3) is 0.273. The molecule has 0 saturated heterocycles. The number of nitrogens with zero attached hydrogens (tertiary/aromatic N) is 4. The molecule has 0 aliphatic heterocycles. The Labute approximate surface area is 165 Å². The number of rotatable bonds is 8. The number of pyridine rings is 1. The fourth-order valence-electron chi connectivity index (χ4n) is 2.89. The van der Waals surface area contributed by atoms with Gasteiger partial charge in [-0.3, -0.25) is 9.78 Å². The van der Waals surface area contributed by atoms with Gasteiger partial charge in [-0.05, 0) is 43.0 Å². The Bertz CT molecular complexity index is 899. The zero-order chi connectivity index (χ0) is 19.8. The molecule has 0 aliphatic rings. The normalized spacial score (nSPS) is 10.5. The molecule has 2 heterocycles. The molecule has 1 amide bonds. The average Bonchev–Trinajstić information content (AvgIpc) is 2.72. The highest BCUT2D eigenvalue weighted by atomic mass is 16.2. The van der Waals surface area contributed by atoms with Crippen molar-refractivity contribution < 1.29 is 4.79 Å². The number of aryl methyl sites for hydroxylation is 1. The number of anilines is 1. The van der Waals surface area contributed by atoms with E-state index in [-0.39, 0.29) is 5.91 Å². The Morgan fingerprint density at radius 3 is 2.46 bits per heavy atom. The number of hydrogen-bond acceptors (Lipinski definition) is 5. The van der Waals surface area contributed by atoms with Gasteiger partial charge in [0.15, 0.2) is 0 Å². The molecular weight excluding hydrogens is 350 g/mol. The van der Waals surface area contributed by atoms with Gasteiger partial charge in [0, 0.05) is 38.6 Å². The van der Waals surface area contributed by atoms with Gasteiger partial charge in [0.25, 0.3) is 5.91 Å². The van der Waals surface area contributed by atoms with E-state index < -0.39 is 0 Å². The van der Waals surface area contributed by atoms with Crippen molar-refractivity contribution in [3.63, 3.8) is 0 Å². The van der Waals surface area contributed by atoms with E-state index in [1.807, 2.05) is 30.3 Å². The van der Waals surface area contributed by atoms with Crippen molar-refractivity contribution in [2.24, 2.45) is 0 Å². The van der Waals surface area contributed by atoms with Crippen molar-refractivity contribution in [3.8, 4) is 0 Å². The monoisotopic (exact) mass is 375 g/mol. The van der Waals surface area contributed by atoms with Crippen LogP contribution in [0.25, 0.3) is 0 Å². The summed E-state index contributed by atoms with van der Waals surface area (Å²) in [5.41, 5.74) is 2.82. The molecule has 0 unspecified atom stereocenters. The third-order valence-electron chi connectivity index (χ3n) is 4.45. The summed E-state index contributed by atoms with van der Waals surface area (Å²) in [5, 5.41) is 3.30. The van der Waals surface area contributed by atoms with E-state index in [1.54, 1.807) is 37.3 Å². The van der Waals surface area contributed by atoms with Crippen LogP contribution in [0.15, 0.2) is 60.9 Å². The summed E-state index contributed by atoms with van der Waals surface area (Å²) in [6.45, 7) is 3.16. The minimum Gasteiger partial charge on any atom is -0.370 e. The van der Waals surface area contributed by atoms with Gasteiger partial charge in [-0.15, -0.1) is 0 Å². The summed E-state index contributed by atoms with van der Waals surface area (Å²) >= 11 is 0. The van der Waals surface area contributed by atoms with E-state index in [2.05, 4.69) is 32.4 Å². The Morgan fingerprint density at radius 1 is 1.00 bits per heavy atom. The minimum atomic E-state index is -0.106. The molecule has 6 heteroatoms. The molecular formula is C22H25N5O. The largest absolute Gasteiger partial charge is 0.370 e. The first-order valence-electron chi connectivity index (χ1n) is 9.39. The van der Waals surface area contributed by atoms with Gasteiger partial charge in [-0.2, -0.15) is 0 Å². The van der Waals surface area contributed by atoms with E-state index in [1.165, 1.54) is 5.56 Å². The molecule has 28 heavy (non-hydrogen) atoms. The highest BCUT2D eigenvalue weighted by Gasteiger charge is 2.15. The van der Waals surface area contributed by atoms with Gasteiger partial charge in [-0.1, -0.05) is 30.3 Å². The molecule has 1 aromatic carbocycles. The number of benzene rings is 1. The van der Waals surface area contributed by atoms with Crippen molar-refractivity contribution in [2.75, 3.05) is 25.5 Å². The molecule has 1 N–H and O–H groups in total. The van der Waals surface area contributed by atoms with Crippen LogP contribution in [0, 0.1) is 6.92 Å². The quantitative estimate of drug-likeness (QED) is 0.655. The van der Waals surface area contributed by atoms with Gasteiger partial charge < -0.3 is 10.2 Å². The number of hydrogen-bond donors (Lipinski definition) is 1. The molecule has 0 atom stereocenters. The fourth-order valence-corrected chi connectivity index (χ4v) is 2.89. The van der Waals surface area contributed by atoms with Crippen molar-refractivity contribution in [1.29, 1.82) is 0 Å². The van der Waals surface area contributed by atoms with Crippen LogP contribution in [0.3, 0.4) is 0 Å². The lowest BCUT2D eigenvalue weighted by molar-refractivity contribution is 0.0790. The van der Waals surface area contributed by atoms with Gasteiger partial charge in [0.2, 0.25) is 0 Å². The van der Waals surface area contributed by atoms with Crippen LogP contribution in [0.1, 0.15) is 27.4 Å². The maximum atomic E-state index is 12.8. The number of carbonyl (C=O) groups is 1. The second-order valence-corrected chi connectivity index (χ2v) is 6.68. The Morgan fingerprint density at radius 2 is 1.71 bits per heavy atom. The predicted octanol–water partition coefficient (Wildman–Crippen LogP) is 3.15. The Hall–Kier alpha value is -3.28. The SMILES string of the molecule is Cc1nc(NCCc2ccccc2)cc(C(=O)N(C)CCc2ccncc2)n1. The summed E-state index contributed by atoms with van der Waals surface area (Å²) in [4.78, 5) is 27.2. The molecule has 3 aromatic rings. The highest BCUT2D eigenvalue weighted by molar-refractivity contribution is 5.92. The number of aromatic nitrogens is 3. The van der Waals surface area contributed by atoms with E-state index in [4.69, 9.17) is 0 Å². The van der Waals surface area contributed by atoms with Crippen LogP contribution in [0.4, 0.5) is 5.82 Å². The summed E-state index contributed by atoms with van der Waals surface area (Å²) in [5.74, 6) is 1.15. The first-order valence-corrected chi connectivity index (χ1v) is 9.39. The third kappa shape index (κ3) is 5.61. The summed E-state index contributed by atoms with van der Waals surface area (Å²) in [6, 6.07) is 15.9. The van der Waals surface area contributed by atoms with Crippen LogP contribution in [-0.2, 0) is 12.8 Å². The van der Waals surface area contributed by atoms with Crippen LogP contribution in [0.2, 0.25) is 0 Å². The average molecular weight is 375 g/mol. The summed E-state index contributed by atoms with van der Waals surface area (Å²) in [7, 11) is 1.80. The van der Waals surface area contributed by atoms with Crippen molar-refractivity contribution in [1.82, 2.24) is 19.9 Å². The first-order chi connectivity index (χ1) is 13.6. The highest BCUT2D eigenvalue weighted by Crippen LogP contribution is 2.10. The van der Waals surface area contributed by atoms with Crippen molar-refractivity contribution >= 4 is 11.7 Å². The van der Waals surface area contributed by atoms with Gasteiger partial charge >= 0.3 is 0 Å². The molecule has 0 bridgehead atoms. The lowest BCUT2D eigenvalue weighted by Crippen LogP contribution is -2.30. The number of carbonyl (C=O) groups excluding carboxylic acids is 1. The van der Waals surface area contributed by atoms with Crippen LogP contribution in [0.5, 0.6) is 0 Å². The van der Waals surface area contributed by atoms with Gasteiger partial charge in [0.05, 0.1) is 0 Å². The third-order valence-corrected chi connectivity index (χ3v) is 4.45. The smallest absolute Gasteiger partial charge is 0.272 e. The Balaban J connectivity index is 1.58. The van der Waals surface area contributed by atoms with Crippen LogP contribution >= 0.6 is 0 Å². The standard InChI is InChI=1S/C22H25N5O/c1-17-25-20(22(28)27(2)15-11-19-8-12-23-13-9-19)16-21(26-17)24-14-10-18-6-4-3-5-7-18/h3-9,12-13,16H,10-11,14-15H2,1-2H3,(H,24,25,26). The summed E-state index contributed by atoms with van der Waals surface area (Å²) < 4.78 is 0. The number of likely N-dealkylation sites (N-methyl/N-ethyl adjacent to an activating group) is 1. The molecule has 3 rings (SSSR count). The van der Waals surface area contributed by atoms with Crippen molar-refractivity contribution in [2.45, 2.75) is 19.8 Å². The van der Waals surface area contributed by atoms with Crippen molar-refractivity contribution in [3.05, 3.63) is 83.6 Å². The molecule has 6 nitrogen and oxygen atoms in total. The second-order valence-electron chi connectivity index (χ2n) is 6.68. The molecule has 0 fully saturated rings. The van der Waals surface area contributed by atoms with E-state index in [0.717, 1.165) is 24.9 Å². The number of nitrogens with one attached hydrogen (secondary N) is 1. The van der Waals surface area contributed by atoms with E-state index in [0.29, 0.717) is 23.9 Å². The molecule has 0 radical (unpaired) electrons. The van der Waals surface area contributed by atoms with E-state index >= 15 is 0 Å². The molecule has 0 spiro atoms. The maximum Gasteiger partial charge on any atom is 0.272 e. The molecule has 0 aliphatic carbocycles. The first kappa shape index (κ1) is 19.5. The zero-order valence-electron chi connectivity index (χ0n) is 16.3. The van der Waals surface area contributed by atoms with Crippen LogP contribution < -0.4 is 5.32 Å². The predicted molar refractivity (Wildman–Crippen MR) is 110 cm³/mol. The molecule has 144 valence electrons. The molecule has 2 aromatic heterocycles. The molecule has 0 saturated carbocycles. The topological polar surface area (TPSA) is 71.0 Å². The van der Waals surface area contributed by atoms with Gasteiger partial charge in [-0.25, -0.2) is 9.97 Å². The lowest BCUT2D eigenvalue weighted by atomic mass is 10.1. The Kier molecular flexibility index (Phi) is 6.68.